The molecule has 1 fully saturated rings. The zero-order valence-corrected chi connectivity index (χ0v) is 12.4. The predicted octanol–water partition coefficient (Wildman–Crippen LogP) is 2.02. The molecule has 2 heterocycles. The van der Waals surface area contributed by atoms with Gasteiger partial charge in [-0.1, -0.05) is 18.2 Å². The van der Waals surface area contributed by atoms with Crippen LogP contribution >= 0.6 is 0 Å². The third kappa shape index (κ3) is 3.51. The number of hydrogen-bond acceptors (Lipinski definition) is 4. The van der Waals surface area contributed by atoms with E-state index in [1.54, 1.807) is 6.07 Å². The van der Waals surface area contributed by atoms with Crippen molar-refractivity contribution >= 4 is 5.91 Å². The van der Waals surface area contributed by atoms with Crippen molar-refractivity contribution in [2.45, 2.75) is 19.3 Å². The molecule has 0 saturated carbocycles. The van der Waals surface area contributed by atoms with Gasteiger partial charge in [0.1, 0.15) is 6.33 Å². The normalized spacial score (nSPS) is 18.1. The maximum absolute atomic E-state index is 12.4. The Morgan fingerprint density at radius 3 is 3.09 bits per heavy atom. The van der Waals surface area contributed by atoms with Gasteiger partial charge in [0.25, 0.3) is 5.91 Å². The van der Waals surface area contributed by atoms with Crippen molar-refractivity contribution in [2.24, 2.45) is 5.92 Å². The zero-order chi connectivity index (χ0) is 15.2. The fraction of sp³-hybridized carbons (Fsp3) is 0.438. The van der Waals surface area contributed by atoms with Gasteiger partial charge in [0.2, 0.25) is 0 Å². The van der Waals surface area contributed by atoms with Crippen molar-refractivity contribution in [3.05, 3.63) is 36.2 Å². The summed E-state index contributed by atoms with van der Waals surface area (Å²) in [7, 11) is 0. The Kier molecular flexibility index (Phi) is 4.80. The lowest BCUT2D eigenvalue weighted by molar-refractivity contribution is 0.0514. The van der Waals surface area contributed by atoms with Crippen LogP contribution in [0.25, 0.3) is 11.4 Å². The highest BCUT2D eigenvalue weighted by Crippen LogP contribution is 2.20. The first-order valence-corrected chi connectivity index (χ1v) is 7.65. The third-order valence-electron chi connectivity index (χ3n) is 3.93. The van der Waals surface area contributed by atoms with E-state index in [9.17, 15) is 4.79 Å². The Hall–Kier alpha value is -2.21. The summed E-state index contributed by atoms with van der Waals surface area (Å²) in [5.74, 6) is 1.08. The number of amides is 1. The van der Waals surface area contributed by atoms with Gasteiger partial charge in [-0.15, -0.1) is 0 Å². The highest BCUT2D eigenvalue weighted by atomic mass is 16.5. The lowest BCUT2D eigenvalue weighted by Crippen LogP contribution is -2.28. The molecule has 1 aromatic carbocycles. The van der Waals surface area contributed by atoms with Gasteiger partial charge in [-0.2, -0.15) is 5.10 Å². The molecule has 22 heavy (non-hydrogen) atoms. The van der Waals surface area contributed by atoms with Crippen molar-refractivity contribution in [2.75, 3.05) is 19.8 Å². The molecule has 0 spiro atoms. The molecule has 1 aromatic heterocycles. The van der Waals surface area contributed by atoms with Crippen molar-refractivity contribution < 1.29 is 9.53 Å². The number of hydrogen-bond donors (Lipinski definition) is 2. The van der Waals surface area contributed by atoms with Crippen LogP contribution in [0.5, 0.6) is 0 Å². The average molecular weight is 300 g/mol. The van der Waals surface area contributed by atoms with Crippen LogP contribution in [-0.4, -0.2) is 40.8 Å². The molecule has 6 nitrogen and oxygen atoms in total. The number of rotatable bonds is 5. The van der Waals surface area contributed by atoms with E-state index >= 15 is 0 Å². The quantitative estimate of drug-likeness (QED) is 0.885. The highest BCUT2D eigenvalue weighted by molar-refractivity contribution is 6.00. The van der Waals surface area contributed by atoms with Gasteiger partial charge in [-0.05, 0) is 31.2 Å². The van der Waals surface area contributed by atoms with Gasteiger partial charge in [-0.3, -0.25) is 9.89 Å². The van der Waals surface area contributed by atoms with Crippen LogP contribution in [0.2, 0.25) is 0 Å². The first kappa shape index (κ1) is 14.7. The highest BCUT2D eigenvalue weighted by Gasteiger charge is 2.16. The Morgan fingerprint density at radius 2 is 2.32 bits per heavy atom. The number of aromatic amines is 1. The Bertz CT molecular complexity index is 606. The number of carbonyl (C=O) groups is 1. The van der Waals surface area contributed by atoms with E-state index in [1.165, 1.54) is 12.7 Å². The van der Waals surface area contributed by atoms with Gasteiger partial charge in [0.05, 0.1) is 5.56 Å². The number of nitrogens with one attached hydrogen (secondary N) is 2. The van der Waals surface area contributed by atoms with E-state index in [-0.39, 0.29) is 5.91 Å². The van der Waals surface area contributed by atoms with Crippen LogP contribution in [0, 0.1) is 5.92 Å². The standard InChI is InChI=1S/C16H20N4O2/c21-16(17-8-7-12-4-3-9-22-10-12)14-6-2-1-5-13(14)15-18-11-19-20-15/h1-2,5-6,11-12H,3-4,7-10H2,(H,17,21)(H,18,19,20)/t12-/m1/s1. The van der Waals surface area contributed by atoms with Gasteiger partial charge >= 0.3 is 0 Å². The SMILES string of the molecule is O=C(NCC[C@H]1CCCOC1)c1ccccc1-c1ncn[nH]1. The Balaban J connectivity index is 1.60. The Morgan fingerprint density at radius 1 is 1.41 bits per heavy atom. The maximum Gasteiger partial charge on any atom is 0.252 e. The van der Waals surface area contributed by atoms with E-state index in [2.05, 4.69) is 20.5 Å². The summed E-state index contributed by atoms with van der Waals surface area (Å²) in [4.78, 5) is 16.5. The molecule has 3 rings (SSSR count). The van der Waals surface area contributed by atoms with Gasteiger partial charge in [-0.25, -0.2) is 4.98 Å². The molecular weight excluding hydrogens is 280 g/mol. The molecule has 1 saturated heterocycles. The summed E-state index contributed by atoms with van der Waals surface area (Å²) >= 11 is 0. The van der Waals surface area contributed by atoms with Crippen LogP contribution in [0.1, 0.15) is 29.6 Å². The summed E-state index contributed by atoms with van der Waals surface area (Å²) in [6.07, 6.45) is 4.70. The first-order valence-electron chi connectivity index (χ1n) is 7.65. The number of aromatic nitrogens is 3. The first-order chi connectivity index (χ1) is 10.8. The van der Waals surface area contributed by atoms with Crippen molar-refractivity contribution in [3.8, 4) is 11.4 Å². The van der Waals surface area contributed by atoms with Crippen LogP contribution in [-0.2, 0) is 4.74 Å². The van der Waals surface area contributed by atoms with Crippen LogP contribution in [0.4, 0.5) is 0 Å². The summed E-state index contributed by atoms with van der Waals surface area (Å²) in [5.41, 5.74) is 1.37. The number of nitrogens with zero attached hydrogens (tertiary/aromatic N) is 2. The van der Waals surface area contributed by atoms with E-state index in [0.29, 0.717) is 23.9 Å². The molecule has 2 N–H and O–H groups in total. The summed E-state index contributed by atoms with van der Waals surface area (Å²) < 4.78 is 5.46. The lowest BCUT2D eigenvalue weighted by Gasteiger charge is -2.22. The predicted molar refractivity (Wildman–Crippen MR) is 82.3 cm³/mol. The fourth-order valence-electron chi connectivity index (χ4n) is 2.74. The number of H-pyrrole nitrogens is 1. The lowest BCUT2D eigenvalue weighted by atomic mass is 9.98. The minimum absolute atomic E-state index is 0.0799. The molecule has 6 heteroatoms. The molecule has 1 atom stereocenters. The molecule has 116 valence electrons. The molecule has 0 aliphatic carbocycles. The van der Waals surface area contributed by atoms with E-state index in [1.807, 2.05) is 18.2 Å². The molecule has 1 aliphatic heterocycles. The molecule has 1 amide bonds. The monoisotopic (exact) mass is 300 g/mol. The third-order valence-corrected chi connectivity index (χ3v) is 3.93. The molecule has 0 unspecified atom stereocenters. The summed E-state index contributed by atoms with van der Waals surface area (Å²) in [6.45, 7) is 2.34. The van der Waals surface area contributed by atoms with E-state index in [4.69, 9.17) is 4.74 Å². The summed E-state index contributed by atoms with van der Waals surface area (Å²) in [5, 5.41) is 9.63. The van der Waals surface area contributed by atoms with Crippen molar-refractivity contribution in [1.29, 1.82) is 0 Å². The zero-order valence-electron chi connectivity index (χ0n) is 12.4. The minimum Gasteiger partial charge on any atom is -0.381 e. The maximum atomic E-state index is 12.4. The van der Waals surface area contributed by atoms with E-state index in [0.717, 1.165) is 31.6 Å². The van der Waals surface area contributed by atoms with Gasteiger partial charge in [0.15, 0.2) is 5.82 Å². The van der Waals surface area contributed by atoms with Crippen LogP contribution in [0.3, 0.4) is 0 Å². The fourth-order valence-corrected chi connectivity index (χ4v) is 2.74. The number of carbonyl (C=O) groups excluding carboxylic acids is 1. The average Bonchev–Trinajstić information content (AvgIpc) is 3.10. The van der Waals surface area contributed by atoms with Gasteiger partial charge < -0.3 is 10.1 Å². The second-order valence-corrected chi connectivity index (χ2v) is 5.51. The topological polar surface area (TPSA) is 79.9 Å². The Labute approximate surface area is 129 Å². The summed E-state index contributed by atoms with van der Waals surface area (Å²) in [6, 6.07) is 7.40. The molecule has 1 aliphatic rings. The van der Waals surface area contributed by atoms with Crippen LogP contribution in [0.15, 0.2) is 30.6 Å². The molecule has 0 radical (unpaired) electrons. The van der Waals surface area contributed by atoms with Crippen LogP contribution < -0.4 is 5.32 Å². The molecular formula is C16H20N4O2. The van der Waals surface area contributed by atoms with E-state index < -0.39 is 0 Å². The molecule has 0 bridgehead atoms. The van der Waals surface area contributed by atoms with Gasteiger partial charge in [0, 0.05) is 25.3 Å². The second kappa shape index (κ2) is 7.17. The number of ether oxygens (including phenoxy) is 1. The largest absolute Gasteiger partial charge is 0.381 e. The van der Waals surface area contributed by atoms with Crippen molar-refractivity contribution in [1.82, 2.24) is 20.5 Å². The number of benzene rings is 1. The van der Waals surface area contributed by atoms with Crippen molar-refractivity contribution in [3.63, 3.8) is 0 Å². The smallest absolute Gasteiger partial charge is 0.252 e. The molecule has 2 aromatic rings. The minimum atomic E-state index is -0.0799. The second-order valence-electron chi connectivity index (χ2n) is 5.51.